The van der Waals surface area contributed by atoms with Crippen LogP contribution in [0.25, 0.3) is 0 Å². The second-order valence-corrected chi connectivity index (χ2v) is 7.65. The fourth-order valence-electron chi connectivity index (χ4n) is 3.36. The van der Waals surface area contributed by atoms with Gasteiger partial charge in [-0.3, -0.25) is 0 Å². The van der Waals surface area contributed by atoms with E-state index in [-0.39, 0.29) is 18.1 Å². The average Bonchev–Trinajstić information content (AvgIpc) is 3.04. The highest BCUT2D eigenvalue weighted by atomic mass is 16.7. The minimum absolute atomic E-state index is 0.0114. The first-order valence-corrected chi connectivity index (χ1v) is 9.74. The van der Waals surface area contributed by atoms with E-state index >= 15 is 0 Å². The first-order chi connectivity index (χ1) is 14.7. The lowest BCUT2D eigenvalue weighted by atomic mass is 9.99. The molecule has 3 rings (SSSR count). The summed E-state index contributed by atoms with van der Waals surface area (Å²) in [5, 5.41) is 69.9. The van der Waals surface area contributed by atoms with Crippen molar-refractivity contribution in [3.8, 4) is 11.5 Å². The van der Waals surface area contributed by atoms with Gasteiger partial charge in [0.1, 0.15) is 36.1 Å². The number of hydrogen-bond acceptors (Lipinski definition) is 11. The van der Waals surface area contributed by atoms with E-state index < -0.39 is 61.9 Å². The third kappa shape index (κ3) is 5.00. The first-order valence-electron chi connectivity index (χ1n) is 9.74. The van der Waals surface area contributed by atoms with Crippen LogP contribution in [0.3, 0.4) is 0 Å². The zero-order valence-corrected chi connectivity index (χ0v) is 16.6. The summed E-state index contributed by atoms with van der Waals surface area (Å²) in [7, 11) is 0. The third-order valence-electron chi connectivity index (χ3n) is 5.32. The number of benzene rings is 1. The van der Waals surface area contributed by atoms with Crippen LogP contribution in [-0.2, 0) is 20.6 Å². The van der Waals surface area contributed by atoms with Crippen LogP contribution in [0.5, 0.6) is 11.5 Å². The van der Waals surface area contributed by atoms with Crippen LogP contribution in [0.1, 0.15) is 5.56 Å². The summed E-state index contributed by atoms with van der Waals surface area (Å²) in [6.45, 7) is 2.11. The molecule has 11 nitrogen and oxygen atoms in total. The second kappa shape index (κ2) is 9.77. The average molecular weight is 444 g/mol. The largest absolute Gasteiger partial charge is 0.504 e. The molecule has 0 amide bonds. The fourth-order valence-corrected chi connectivity index (χ4v) is 3.36. The smallest absolute Gasteiger partial charge is 0.229 e. The summed E-state index contributed by atoms with van der Waals surface area (Å²) in [6.07, 6.45) is -8.17. The Bertz CT molecular complexity index is 759. The van der Waals surface area contributed by atoms with E-state index in [2.05, 4.69) is 6.58 Å². The highest BCUT2D eigenvalue weighted by Gasteiger charge is 2.50. The molecule has 0 bridgehead atoms. The van der Waals surface area contributed by atoms with Gasteiger partial charge in [0.15, 0.2) is 17.8 Å². The Balaban J connectivity index is 1.65. The van der Waals surface area contributed by atoms with Crippen molar-refractivity contribution in [2.24, 2.45) is 0 Å². The van der Waals surface area contributed by atoms with Crippen molar-refractivity contribution in [3.05, 3.63) is 36.4 Å². The molecule has 1 aromatic carbocycles. The minimum atomic E-state index is -1.88. The lowest BCUT2D eigenvalue weighted by molar-refractivity contribution is -0.289. The van der Waals surface area contributed by atoms with E-state index in [1.807, 2.05) is 0 Å². The minimum Gasteiger partial charge on any atom is -0.504 e. The Morgan fingerprint density at radius 2 is 1.87 bits per heavy atom. The van der Waals surface area contributed by atoms with E-state index in [0.717, 1.165) is 5.56 Å². The number of aliphatic hydroxyl groups excluding tert-OH is 5. The standard InChI is InChI=1S/C20H28O11/c1-2-3-10-4-5-12(11(22)6-10)30-18-16(25)15(24)14(23)13(31-18)7-28-19-17(26)20(27,8-21)9-29-19/h2,4-6,13-19,21-27H,1,3,7-9H2/t13-,14-,15+,16-,17+,18-,19-,20-/m1/s1. The predicted molar refractivity (Wildman–Crippen MR) is 103 cm³/mol. The molecule has 1 aromatic rings. The molecule has 2 aliphatic heterocycles. The Labute approximate surface area is 178 Å². The number of phenols is 1. The lowest BCUT2D eigenvalue weighted by Crippen LogP contribution is -2.60. The van der Waals surface area contributed by atoms with Crippen LogP contribution in [0.15, 0.2) is 30.9 Å². The number of hydrogen-bond donors (Lipinski definition) is 7. The van der Waals surface area contributed by atoms with Crippen molar-refractivity contribution < 1.29 is 54.7 Å². The van der Waals surface area contributed by atoms with E-state index in [1.165, 1.54) is 12.1 Å². The molecule has 2 heterocycles. The molecule has 0 radical (unpaired) electrons. The Morgan fingerprint density at radius 1 is 1.13 bits per heavy atom. The van der Waals surface area contributed by atoms with Crippen molar-refractivity contribution >= 4 is 0 Å². The van der Waals surface area contributed by atoms with Gasteiger partial charge in [-0.15, -0.1) is 6.58 Å². The van der Waals surface area contributed by atoms with E-state index in [0.29, 0.717) is 6.42 Å². The summed E-state index contributed by atoms with van der Waals surface area (Å²) < 4.78 is 21.5. The zero-order chi connectivity index (χ0) is 22.8. The van der Waals surface area contributed by atoms with Gasteiger partial charge in [-0.25, -0.2) is 0 Å². The molecule has 2 fully saturated rings. The molecule has 7 N–H and O–H groups in total. The molecular formula is C20H28O11. The molecule has 8 atom stereocenters. The van der Waals surface area contributed by atoms with E-state index in [9.17, 15) is 30.6 Å². The molecule has 0 spiro atoms. The molecule has 0 unspecified atom stereocenters. The predicted octanol–water partition coefficient (Wildman–Crippen LogP) is -2.24. The van der Waals surface area contributed by atoms with Gasteiger partial charge < -0.3 is 54.7 Å². The van der Waals surface area contributed by atoms with Crippen LogP contribution in [0.4, 0.5) is 0 Å². The SMILES string of the molecule is C=CCc1ccc(O[C@@H]2O[C@H](CO[C@@H]3OC[C@](O)(CO)[C@H]3O)[C@@H](O)[C@H](O)[C@H]2O)c(O)c1. The Hall–Kier alpha value is -1.80. The summed E-state index contributed by atoms with van der Waals surface area (Å²) in [5.41, 5.74) is -1.10. The first kappa shape index (κ1) is 23.9. The van der Waals surface area contributed by atoms with E-state index in [4.69, 9.17) is 24.1 Å². The number of ether oxygens (including phenoxy) is 4. The van der Waals surface area contributed by atoms with Crippen LogP contribution in [0, 0.1) is 0 Å². The van der Waals surface area contributed by atoms with Gasteiger partial charge in [0, 0.05) is 0 Å². The van der Waals surface area contributed by atoms with Crippen molar-refractivity contribution in [3.63, 3.8) is 0 Å². The molecule has 31 heavy (non-hydrogen) atoms. The molecule has 0 saturated carbocycles. The van der Waals surface area contributed by atoms with Gasteiger partial charge in [0.25, 0.3) is 0 Å². The second-order valence-electron chi connectivity index (χ2n) is 7.65. The van der Waals surface area contributed by atoms with Crippen LogP contribution in [-0.4, -0.2) is 104 Å². The third-order valence-corrected chi connectivity index (χ3v) is 5.32. The highest BCUT2D eigenvalue weighted by molar-refractivity contribution is 5.42. The monoisotopic (exact) mass is 444 g/mol. The van der Waals surface area contributed by atoms with Crippen molar-refractivity contribution in [2.45, 2.75) is 55.1 Å². The quantitative estimate of drug-likeness (QED) is 0.216. The number of aromatic hydroxyl groups is 1. The van der Waals surface area contributed by atoms with Gasteiger partial charge in [0.2, 0.25) is 6.29 Å². The lowest BCUT2D eigenvalue weighted by Gasteiger charge is -2.40. The van der Waals surface area contributed by atoms with Gasteiger partial charge >= 0.3 is 0 Å². The van der Waals surface area contributed by atoms with Crippen molar-refractivity contribution in [1.82, 2.24) is 0 Å². The van der Waals surface area contributed by atoms with Crippen LogP contribution >= 0.6 is 0 Å². The summed E-state index contributed by atoms with van der Waals surface area (Å²) >= 11 is 0. The van der Waals surface area contributed by atoms with Gasteiger partial charge in [-0.05, 0) is 24.1 Å². The normalized spacial score (nSPS) is 38.2. The van der Waals surface area contributed by atoms with Crippen molar-refractivity contribution in [1.29, 1.82) is 0 Å². The molecule has 2 aliphatic rings. The maximum Gasteiger partial charge on any atom is 0.229 e. The molecule has 2 saturated heterocycles. The van der Waals surface area contributed by atoms with Crippen molar-refractivity contribution in [2.75, 3.05) is 19.8 Å². The summed E-state index contributed by atoms with van der Waals surface area (Å²) in [4.78, 5) is 0. The number of allylic oxidation sites excluding steroid dienone is 1. The maximum absolute atomic E-state index is 10.2. The Morgan fingerprint density at radius 3 is 2.48 bits per heavy atom. The number of rotatable bonds is 8. The number of aliphatic hydroxyl groups is 6. The summed E-state index contributed by atoms with van der Waals surface area (Å²) in [5.74, 6) is -0.225. The van der Waals surface area contributed by atoms with Gasteiger partial charge in [-0.1, -0.05) is 12.1 Å². The number of phenolic OH excluding ortho intramolecular Hbond substituents is 1. The topological polar surface area (TPSA) is 179 Å². The zero-order valence-electron chi connectivity index (χ0n) is 16.6. The molecular weight excluding hydrogens is 416 g/mol. The van der Waals surface area contributed by atoms with Gasteiger partial charge in [-0.2, -0.15) is 0 Å². The van der Waals surface area contributed by atoms with E-state index in [1.54, 1.807) is 12.1 Å². The Kier molecular flexibility index (Phi) is 7.52. The van der Waals surface area contributed by atoms with Crippen LogP contribution < -0.4 is 4.74 Å². The molecule has 0 aromatic heterocycles. The highest BCUT2D eigenvalue weighted by Crippen LogP contribution is 2.32. The molecule has 0 aliphatic carbocycles. The molecule has 174 valence electrons. The van der Waals surface area contributed by atoms with Gasteiger partial charge in [0.05, 0.1) is 19.8 Å². The van der Waals surface area contributed by atoms with Crippen LogP contribution in [0.2, 0.25) is 0 Å². The summed E-state index contributed by atoms with van der Waals surface area (Å²) in [6, 6.07) is 4.60. The molecule has 11 heteroatoms. The maximum atomic E-state index is 10.2. The fraction of sp³-hybridized carbons (Fsp3) is 0.600.